The van der Waals surface area contributed by atoms with Crippen molar-refractivity contribution in [2.45, 2.75) is 25.4 Å². The Hall–Kier alpha value is -1.07. The third-order valence-electron chi connectivity index (χ3n) is 4.25. The molecule has 1 aromatic heterocycles. The third kappa shape index (κ3) is 4.27. The number of hydrogen-bond donors (Lipinski definition) is 2. The number of hydrogen-bond acceptors (Lipinski definition) is 2. The van der Waals surface area contributed by atoms with E-state index in [0.29, 0.717) is 29.2 Å². The van der Waals surface area contributed by atoms with Crippen LogP contribution in [0.5, 0.6) is 0 Å². The fourth-order valence-corrected chi connectivity index (χ4v) is 4.48. The lowest BCUT2D eigenvalue weighted by Crippen LogP contribution is -3.11. The van der Waals surface area contributed by atoms with Gasteiger partial charge in [-0.05, 0) is 29.1 Å². The molecule has 2 aromatic rings. The van der Waals surface area contributed by atoms with Gasteiger partial charge < -0.3 is 10.2 Å². The maximum Gasteiger partial charge on any atom is 0.275 e. The number of quaternary nitrogens is 1. The molecule has 1 aliphatic heterocycles. The van der Waals surface area contributed by atoms with Gasteiger partial charge in [0.05, 0.1) is 11.4 Å². The van der Waals surface area contributed by atoms with Gasteiger partial charge in [0.2, 0.25) is 0 Å². The Bertz CT molecular complexity index is 675. The first-order chi connectivity index (χ1) is 11.1. The molecule has 1 unspecified atom stereocenters. The van der Waals surface area contributed by atoms with Crippen molar-refractivity contribution in [3.63, 3.8) is 0 Å². The molecule has 23 heavy (non-hydrogen) atoms. The van der Waals surface area contributed by atoms with E-state index in [-0.39, 0.29) is 5.91 Å². The number of thiophene rings is 1. The quantitative estimate of drug-likeness (QED) is 0.833. The van der Waals surface area contributed by atoms with E-state index in [4.69, 9.17) is 23.2 Å². The Morgan fingerprint density at radius 2 is 2.22 bits per heavy atom. The van der Waals surface area contributed by atoms with Crippen LogP contribution in [0.4, 0.5) is 0 Å². The minimum absolute atomic E-state index is 0.0643. The average Bonchev–Trinajstić information content (AvgIpc) is 3.17. The summed E-state index contributed by atoms with van der Waals surface area (Å²) in [6.45, 7) is 2.00. The van der Waals surface area contributed by atoms with Crippen LogP contribution >= 0.6 is 34.5 Å². The van der Waals surface area contributed by atoms with Crippen molar-refractivity contribution >= 4 is 40.4 Å². The number of benzene rings is 1. The van der Waals surface area contributed by atoms with Crippen LogP contribution < -0.4 is 10.2 Å². The highest BCUT2D eigenvalue weighted by Gasteiger charge is 2.32. The molecule has 0 spiro atoms. The van der Waals surface area contributed by atoms with Crippen molar-refractivity contribution in [1.82, 2.24) is 5.32 Å². The van der Waals surface area contributed by atoms with Gasteiger partial charge in [0.25, 0.3) is 5.91 Å². The highest BCUT2D eigenvalue weighted by molar-refractivity contribution is 7.10. The molecule has 0 aliphatic carbocycles. The molecule has 0 saturated carbocycles. The maximum absolute atomic E-state index is 12.3. The molecule has 1 saturated heterocycles. The van der Waals surface area contributed by atoms with Crippen LogP contribution in [-0.4, -0.2) is 19.0 Å². The van der Waals surface area contributed by atoms with E-state index in [1.807, 2.05) is 6.07 Å². The average molecular weight is 370 g/mol. The third-order valence-corrected chi connectivity index (χ3v) is 5.82. The molecule has 2 N–H and O–H groups in total. The van der Waals surface area contributed by atoms with Crippen LogP contribution in [0.15, 0.2) is 35.7 Å². The minimum atomic E-state index is 0.0643. The van der Waals surface area contributed by atoms with Gasteiger partial charge >= 0.3 is 0 Å². The molecule has 122 valence electrons. The monoisotopic (exact) mass is 369 g/mol. The molecule has 0 radical (unpaired) electrons. The lowest BCUT2D eigenvalue weighted by molar-refractivity contribution is -0.910. The number of carbonyl (C=O) groups is 1. The predicted molar refractivity (Wildman–Crippen MR) is 95.3 cm³/mol. The maximum atomic E-state index is 12.3. The number of amides is 1. The van der Waals surface area contributed by atoms with E-state index in [2.05, 4.69) is 22.8 Å². The van der Waals surface area contributed by atoms with Gasteiger partial charge in [-0.3, -0.25) is 4.79 Å². The molecule has 1 aliphatic rings. The number of carbonyl (C=O) groups excluding carboxylic acids is 1. The van der Waals surface area contributed by atoms with Gasteiger partial charge in [-0.1, -0.05) is 35.3 Å². The molecule has 1 fully saturated rings. The van der Waals surface area contributed by atoms with Gasteiger partial charge in [-0.2, -0.15) is 0 Å². The lowest BCUT2D eigenvalue weighted by atomic mass is 10.2. The summed E-state index contributed by atoms with van der Waals surface area (Å²) in [7, 11) is 0. The minimum Gasteiger partial charge on any atom is -0.347 e. The zero-order valence-electron chi connectivity index (χ0n) is 12.6. The second kappa shape index (κ2) is 7.67. The van der Waals surface area contributed by atoms with E-state index in [9.17, 15) is 4.79 Å². The molecule has 2 heterocycles. The van der Waals surface area contributed by atoms with E-state index in [1.54, 1.807) is 23.5 Å². The highest BCUT2D eigenvalue weighted by Crippen LogP contribution is 2.23. The zero-order valence-corrected chi connectivity index (χ0v) is 15.0. The van der Waals surface area contributed by atoms with E-state index in [1.165, 1.54) is 16.2 Å². The molecule has 3 rings (SSSR count). The van der Waals surface area contributed by atoms with Crippen LogP contribution in [0.25, 0.3) is 0 Å². The highest BCUT2D eigenvalue weighted by atomic mass is 35.5. The molecule has 6 heteroatoms. The number of halogens is 2. The van der Waals surface area contributed by atoms with Crippen LogP contribution in [0.3, 0.4) is 0 Å². The number of likely N-dealkylation sites (tertiary alicyclic amines) is 1. The summed E-state index contributed by atoms with van der Waals surface area (Å²) < 4.78 is 0. The van der Waals surface area contributed by atoms with Gasteiger partial charge in [-0.25, -0.2) is 0 Å². The normalized spacial score (nSPS) is 20.6. The van der Waals surface area contributed by atoms with Crippen molar-refractivity contribution in [3.05, 3.63) is 56.2 Å². The molecular weight excluding hydrogens is 351 g/mol. The Kier molecular flexibility index (Phi) is 5.59. The van der Waals surface area contributed by atoms with Crippen LogP contribution in [-0.2, 0) is 11.3 Å². The summed E-state index contributed by atoms with van der Waals surface area (Å²) in [6, 6.07) is 10.0. The molecule has 1 amide bonds. The summed E-state index contributed by atoms with van der Waals surface area (Å²) in [4.78, 5) is 15.0. The van der Waals surface area contributed by atoms with Crippen molar-refractivity contribution in [3.8, 4) is 0 Å². The van der Waals surface area contributed by atoms with Gasteiger partial charge in [0.15, 0.2) is 6.54 Å². The standard InChI is InChI=1S/C17H18Cl2N2OS/c18-13-6-5-12(14(19)9-13)10-20-17(22)11-21-7-1-3-15(21)16-4-2-8-23-16/h2,4-6,8-9,15H,1,3,7,10-11H2,(H,20,22)/p+1/t15-/m1/s1. The Labute approximate surface area is 150 Å². The molecular formula is C17H19Cl2N2OS+. The van der Waals surface area contributed by atoms with Crippen molar-refractivity contribution < 1.29 is 9.69 Å². The topological polar surface area (TPSA) is 33.5 Å². The van der Waals surface area contributed by atoms with Crippen molar-refractivity contribution in [2.75, 3.05) is 13.1 Å². The number of rotatable bonds is 5. The first kappa shape index (κ1) is 16.8. The Morgan fingerprint density at radius 3 is 2.96 bits per heavy atom. The molecule has 2 atom stereocenters. The Morgan fingerprint density at radius 1 is 1.35 bits per heavy atom. The first-order valence-electron chi connectivity index (χ1n) is 7.72. The smallest absolute Gasteiger partial charge is 0.275 e. The van der Waals surface area contributed by atoms with E-state index < -0.39 is 0 Å². The van der Waals surface area contributed by atoms with Gasteiger partial charge in [-0.15, -0.1) is 11.3 Å². The Balaban J connectivity index is 1.55. The van der Waals surface area contributed by atoms with Crippen LogP contribution in [0.2, 0.25) is 10.0 Å². The largest absolute Gasteiger partial charge is 0.347 e. The second-order valence-electron chi connectivity index (χ2n) is 5.81. The summed E-state index contributed by atoms with van der Waals surface area (Å²) in [5.74, 6) is 0.0643. The van der Waals surface area contributed by atoms with Crippen LogP contribution in [0.1, 0.15) is 29.3 Å². The molecule has 0 bridgehead atoms. The first-order valence-corrected chi connectivity index (χ1v) is 9.35. The number of nitrogens with one attached hydrogen (secondary N) is 2. The van der Waals surface area contributed by atoms with Crippen LogP contribution in [0, 0.1) is 0 Å². The molecule has 3 nitrogen and oxygen atoms in total. The van der Waals surface area contributed by atoms with Gasteiger partial charge in [0.1, 0.15) is 6.04 Å². The molecule has 1 aromatic carbocycles. The van der Waals surface area contributed by atoms with E-state index >= 15 is 0 Å². The zero-order chi connectivity index (χ0) is 16.2. The second-order valence-corrected chi connectivity index (χ2v) is 7.63. The lowest BCUT2D eigenvalue weighted by Gasteiger charge is -2.20. The van der Waals surface area contributed by atoms with Gasteiger partial charge in [0, 0.05) is 29.4 Å². The predicted octanol–water partition coefficient (Wildman–Crippen LogP) is 3.09. The van der Waals surface area contributed by atoms with Crippen molar-refractivity contribution in [2.24, 2.45) is 0 Å². The summed E-state index contributed by atoms with van der Waals surface area (Å²) in [6.07, 6.45) is 2.33. The SMILES string of the molecule is O=C(C[NH+]1CCC[C@@H]1c1cccs1)NCc1ccc(Cl)cc1Cl. The van der Waals surface area contributed by atoms with Crippen molar-refractivity contribution in [1.29, 1.82) is 0 Å². The summed E-state index contributed by atoms with van der Waals surface area (Å²) in [5.41, 5.74) is 0.885. The summed E-state index contributed by atoms with van der Waals surface area (Å²) >= 11 is 13.8. The van der Waals surface area contributed by atoms with E-state index in [0.717, 1.165) is 18.5 Å². The fourth-order valence-electron chi connectivity index (χ4n) is 3.08. The summed E-state index contributed by atoms with van der Waals surface area (Å²) in [5, 5.41) is 6.26. The fraction of sp³-hybridized carbons (Fsp3) is 0.353.